The maximum atomic E-state index is 12.1. The van der Waals surface area contributed by atoms with Crippen LogP contribution in [0.1, 0.15) is 32.3 Å². The molecule has 1 aromatic heterocycles. The molecule has 0 aliphatic heterocycles. The van der Waals surface area contributed by atoms with E-state index in [9.17, 15) is 9.59 Å². The quantitative estimate of drug-likeness (QED) is 0.798. The molecule has 1 aromatic rings. The average Bonchev–Trinajstić information content (AvgIpc) is 2.43. The van der Waals surface area contributed by atoms with Crippen molar-refractivity contribution in [3.05, 3.63) is 30.1 Å². The minimum atomic E-state index is -0.852. The van der Waals surface area contributed by atoms with E-state index in [2.05, 4.69) is 10.3 Å². The van der Waals surface area contributed by atoms with Gasteiger partial charge < -0.3 is 15.3 Å². The van der Waals surface area contributed by atoms with Gasteiger partial charge in [-0.2, -0.15) is 0 Å². The fourth-order valence-corrected chi connectivity index (χ4v) is 1.75. The van der Waals surface area contributed by atoms with E-state index < -0.39 is 5.97 Å². The van der Waals surface area contributed by atoms with Crippen LogP contribution < -0.4 is 5.32 Å². The number of nitrogens with one attached hydrogen (secondary N) is 1. The van der Waals surface area contributed by atoms with Crippen molar-refractivity contribution >= 4 is 12.0 Å². The summed E-state index contributed by atoms with van der Waals surface area (Å²) in [4.78, 5) is 28.2. The lowest BCUT2D eigenvalue weighted by Crippen LogP contribution is -2.43. The summed E-state index contributed by atoms with van der Waals surface area (Å²) in [6, 6.07) is 3.39. The molecule has 0 aromatic carbocycles. The first kappa shape index (κ1) is 15.9. The molecule has 2 amide bonds. The zero-order valence-corrected chi connectivity index (χ0v) is 11.9. The summed E-state index contributed by atoms with van der Waals surface area (Å²) in [6.45, 7) is 4.81. The number of carbonyl (C=O) groups excluding carboxylic acids is 1. The molecule has 0 saturated carbocycles. The molecule has 0 saturated heterocycles. The van der Waals surface area contributed by atoms with Gasteiger partial charge in [-0.1, -0.05) is 0 Å². The Kier molecular flexibility index (Phi) is 6.49. The van der Waals surface area contributed by atoms with Crippen LogP contribution in [0.15, 0.2) is 24.5 Å². The van der Waals surface area contributed by atoms with Crippen LogP contribution in [0, 0.1) is 0 Å². The monoisotopic (exact) mass is 279 g/mol. The second kappa shape index (κ2) is 8.14. The Morgan fingerprint density at radius 3 is 2.60 bits per heavy atom. The summed E-state index contributed by atoms with van der Waals surface area (Å²) < 4.78 is 0. The molecule has 1 unspecified atom stereocenters. The van der Waals surface area contributed by atoms with E-state index in [0.29, 0.717) is 19.5 Å². The molecule has 6 heteroatoms. The number of aromatic nitrogens is 1. The van der Waals surface area contributed by atoms with Crippen molar-refractivity contribution in [2.45, 2.75) is 39.3 Å². The molecule has 0 fully saturated rings. The molecule has 20 heavy (non-hydrogen) atoms. The number of aliphatic carboxylic acids is 1. The van der Waals surface area contributed by atoms with Crippen molar-refractivity contribution in [1.29, 1.82) is 0 Å². The van der Waals surface area contributed by atoms with Gasteiger partial charge in [-0.25, -0.2) is 4.79 Å². The van der Waals surface area contributed by atoms with Gasteiger partial charge in [0.15, 0.2) is 0 Å². The third-order valence-corrected chi connectivity index (χ3v) is 2.95. The number of carboxylic acid groups (broad SMARTS) is 1. The number of urea groups is 1. The highest BCUT2D eigenvalue weighted by atomic mass is 16.4. The molecule has 0 radical (unpaired) electrons. The van der Waals surface area contributed by atoms with E-state index in [1.54, 1.807) is 24.2 Å². The van der Waals surface area contributed by atoms with Crippen LogP contribution in [0.4, 0.5) is 4.79 Å². The SMILES string of the molecule is CCN(Cc1ccncc1)C(=O)NC(C)CCC(=O)O. The van der Waals surface area contributed by atoms with Gasteiger partial charge >= 0.3 is 12.0 Å². The van der Waals surface area contributed by atoms with Crippen LogP contribution in [0.5, 0.6) is 0 Å². The number of pyridine rings is 1. The van der Waals surface area contributed by atoms with Crippen molar-refractivity contribution in [2.75, 3.05) is 6.54 Å². The van der Waals surface area contributed by atoms with E-state index >= 15 is 0 Å². The van der Waals surface area contributed by atoms with E-state index in [4.69, 9.17) is 5.11 Å². The second-order valence-electron chi connectivity index (χ2n) is 4.65. The Hall–Kier alpha value is -2.11. The summed E-state index contributed by atoms with van der Waals surface area (Å²) in [5.41, 5.74) is 1.01. The minimum absolute atomic E-state index is 0.0535. The first-order valence-electron chi connectivity index (χ1n) is 6.69. The largest absolute Gasteiger partial charge is 0.481 e. The van der Waals surface area contributed by atoms with Gasteiger partial charge in [0.05, 0.1) is 0 Å². The molecular weight excluding hydrogens is 258 g/mol. The van der Waals surface area contributed by atoms with Gasteiger partial charge in [-0.15, -0.1) is 0 Å². The van der Waals surface area contributed by atoms with Crippen LogP contribution in [0.3, 0.4) is 0 Å². The number of amides is 2. The molecule has 0 aliphatic rings. The standard InChI is InChI=1S/C14H21N3O3/c1-3-17(10-12-6-8-15-9-7-12)14(20)16-11(2)4-5-13(18)19/h6-9,11H,3-5,10H2,1-2H3,(H,16,20)(H,18,19). The van der Waals surface area contributed by atoms with Crippen LogP contribution >= 0.6 is 0 Å². The van der Waals surface area contributed by atoms with E-state index in [1.165, 1.54) is 0 Å². The number of hydrogen-bond acceptors (Lipinski definition) is 3. The number of carboxylic acids is 1. The molecule has 1 atom stereocenters. The topological polar surface area (TPSA) is 82.5 Å². The lowest BCUT2D eigenvalue weighted by molar-refractivity contribution is -0.137. The van der Waals surface area contributed by atoms with Crippen molar-refractivity contribution in [3.63, 3.8) is 0 Å². The molecule has 0 aliphatic carbocycles. The molecule has 110 valence electrons. The summed E-state index contributed by atoms with van der Waals surface area (Å²) in [5, 5.41) is 11.4. The zero-order valence-electron chi connectivity index (χ0n) is 11.9. The van der Waals surface area contributed by atoms with Crippen LogP contribution in [-0.4, -0.2) is 39.6 Å². The van der Waals surface area contributed by atoms with Gasteiger partial charge in [0.1, 0.15) is 0 Å². The Balaban J connectivity index is 2.48. The third-order valence-electron chi connectivity index (χ3n) is 2.95. The van der Waals surface area contributed by atoms with Crippen LogP contribution in [0.25, 0.3) is 0 Å². The number of hydrogen-bond donors (Lipinski definition) is 2. The average molecular weight is 279 g/mol. The molecule has 1 rings (SSSR count). The summed E-state index contributed by atoms with van der Waals surface area (Å²) in [7, 11) is 0. The van der Waals surface area contributed by atoms with Gasteiger partial charge in [-0.3, -0.25) is 9.78 Å². The van der Waals surface area contributed by atoms with Gasteiger partial charge in [0.25, 0.3) is 0 Å². The zero-order chi connectivity index (χ0) is 15.0. The molecule has 2 N–H and O–H groups in total. The molecule has 6 nitrogen and oxygen atoms in total. The number of nitrogens with zero attached hydrogens (tertiary/aromatic N) is 2. The van der Waals surface area contributed by atoms with E-state index in [1.807, 2.05) is 19.1 Å². The Bertz CT molecular complexity index is 437. The number of carbonyl (C=O) groups is 2. The van der Waals surface area contributed by atoms with Gasteiger partial charge in [0.2, 0.25) is 0 Å². The first-order valence-corrected chi connectivity index (χ1v) is 6.69. The molecule has 1 heterocycles. The predicted molar refractivity (Wildman–Crippen MR) is 75.2 cm³/mol. The first-order chi connectivity index (χ1) is 9.52. The molecule has 0 spiro atoms. The maximum absolute atomic E-state index is 12.1. The smallest absolute Gasteiger partial charge is 0.317 e. The minimum Gasteiger partial charge on any atom is -0.481 e. The third kappa shape index (κ3) is 5.69. The van der Waals surface area contributed by atoms with Crippen LogP contribution in [0.2, 0.25) is 0 Å². The van der Waals surface area contributed by atoms with E-state index in [0.717, 1.165) is 5.56 Å². The predicted octanol–water partition coefficient (Wildman–Crippen LogP) is 1.87. The molecule has 0 bridgehead atoms. The Morgan fingerprint density at radius 2 is 2.05 bits per heavy atom. The fraction of sp³-hybridized carbons (Fsp3) is 0.500. The summed E-state index contributed by atoms with van der Waals surface area (Å²) in [5.74, 6) is -0.852. The van der Waals surface area contributed by atoms with Crippen molar-refractivity contribution in [3.8, 4) is 0 Å². The Labute approximate surface area is 118 Å². The van der Waals surface area contributed by atoms with Gasteiger partial charge in [0, 0.05) is 37.9 Å². The lowest BCUT2D eigenvalue weighted by Gasteiger charge is -2.24. The molecular formula is C14H21N3O3. The Morgan fingerprint density at radius 1 is 1.40 bits per heavy atom. The van der Waals surface area contributed by atoms with Crippen molar-refractivity contribution in [1.82, 2.24) is 15.2 Å². The highest BCUT2D eigenvalue weighted by Crippen LogP contribution is 2.04. The summed E-state index contributed by atoms with van der Waals surface area (Å²) >= 11 is 0. The van der Waals surface area contributed by atoms with Crippen molar-refractivity contribution in [2.24, 2.45) is 0 Å². The second-order valence-corrected chi connectivity index (χ2v) is 4.65. The highest BCUT2D eigenvalue weighted by molar-refractivity contribution is 5.74. The number of rotatable bonds is 7. The van der Waals surface area contributed by atoms with Crippen LogP contribution in [-0.2, 0) is 11.3 Å². The highest BCUT2D eigenvalue weighted by Gasteiger charge is 2.15. The normalized spacial score (nSPS) is 11.7. The van der Waals surface area contributed by atoms with E-state index in [-0.39, 0.29) is 18.5 Å². The lowest BCUT2D eigenvalue weighted by atomic mass is 10.2. The van der Waals surface area contributed by atoms with Crippen molar-refractivity contribution < 1.29 is 14.7 Å². The van der Waals surface area contributed by atoms with Gasteiger partial charge in [-0.05, 0) is 38.0 Å². The fourth-order valence-electron chi connectivity index (χ4n) is 1.75. The maximum Gasteiger partial charge on any atom is 0.317 e. The summed E-state index contributed by atoms with van der Waals surface area (Å²) in [6.07, 6.45) is 3.86.